The molecule has 2 unspecified atom stereocenters. The zero-order chi connectivity index (χ0) is 21.7. The van der Waals surface area contributed by atoms with Gasteiger partial charge in [0.1, 0.15) is 0 Å². The second-order valence-corrected chi connectivity index (χ2v) is 8.17. The monoisotopic (exact) mass is 422 g/mol. The van der Waals surface area contributed by atoms with Crippen molar-refractivity contribution in [2.24, 2.45) is 23.5 Å². The van der Waals surface area contributed by atoms with Gasteiger partial charge < -0.3 is 15.6 Å². The van der Waals surface area contributed by atoms with Gasteiger partial charge >= 0.3 is 6.18 Å². The van der Waals surface area contributed by atoms with Gasteiger partial charge in [-0.3, -0.25) is 4.79 Å². The number of rotatable bonds is 7. The van der Waals surface area contributed by atoms with Gasteiger partial charge in [0.15, 0.2) is 5.82 Å². The minimum atomic E-state index is -4.37. The summed E-state index contributed by atoms with van der Waals surface area (Å²) in [6, 6.07) is 5.20. The van der Waals surface area contributed by atoms with Crippen molar-refractivity contribution in [3.8, 4) is 0 Å². The van der Waals surface area contributed by atoms with Gasteiger partial charge in [-0.05, 0) is 55.3 Å². The Labute approximate surface area is 174 Å². The van der Waals surface area contributed by atoms with E-state index in [9.17, 15) is 18.0 Å². The fourth-order valence-corrected chi connectivity index (χ4v) is 4.40. The van der Waals surface area contributed by atoms with Crippen molar-refractivity contribution in [3.05, 3.63) is 47.9 Å². The first-order valence-corrected chi connectivity index (χ1v) is 10.5. The van der Waals surface area contributed by atoms with E-state index >= 15 is 0 Å². The third-order valence-corrected chi connectivity index (χ3v) is 5.98. The number of nitrogens with zero attached hydrogens (tertiary/aromatic N) is 2. The molecule has 1 fully saturated rings. The van der Waals surface area contributed by atoms with Crippen molar-refractivity contribution >= 4 is 11.7 Å². The maximum absolute atomic E-state index is 12.9. The van der Waals surface area contributed by atoms with Gasteiger partial charge in [-0.1, -0.05) is 31.9 Å². The topological polar surface area (TPSA) is 72.9 Å². The van der Waals surface area contributed by atoms with Gasteiger partial charge in [-0.15, -0.1) is 0 Å². The summed E-state index contributed by atoms with van der Waals surface area (Å²) in [6.45, 7) is 3.01. The average molecular weight is 422 g/mol. The molecule has 1 heterocycles. The van der Waals surface area contributed by atoms with Crippen molar-refractivity contribution in [1.29, 1.82) is 0 Å². The van der Waals surface area contributed by atoms with Crippen LogP contribution in [0, 0.1) is 17.8 Å². The summed E-state index contributed by atoms with van der Waals surface area (Å²) in [5, 5.41) is 2.85. The summed E-state index contributed by atoms with van der Waals surface area (Å²) >= 11 is 0. The van der Waals surface area contributed by atoms with Crippen LogP contribution in [0.1, 0.15) is 50.2 Å². The van der Waals surface area contributed by atoms with Crippen LogP contribution in [0.2, 0.25) is 0 Å². The van der Waals surface area contributed by atoms with Gasteiger partial charge in [0, 0.05) is 18.7 Å². The Kier molecular flexibility index (Phi) is 7.18. The normalized spacial score (nSPS) is 22.1. The third-order valence-electron chi connectivity index (χ3n) is 5.98. The summed E-state index contributed by atoms with van der Waals surface area (Å²) in [4.78, 5) is 16.9. The van der Waals surface area contributed by atoms with Crippen molar-refractivity contribution in [2.45, 2.75) is 51.7 Å². The molecule has 1 saturated carbocycles. The third kappa shape index (κ3) is 5.62. The van der Waals surface area contributed by atoms with E-state index in [0.29, 0.717) is 29.8 Å². The molecule has 1 aliphatic carbocycles. The first-order valence-electron chi connectivity index (χ1n) is 10.5. The molecule has 1 aliphatic rings. The van der Waals surface area contributed by atoms with Gasteiger partial charge in [-0.2, -0.15) is 13.2 Å². The number of halogens is 3. The number of imidazole rings is 1. The van der Waals surface area contributed by atoms with E-state index in [1.807, 2.05) is 0 Å². The van der Waals surface area contributed by atoms with E-state index in [-0.39, 0.29) is 18.4 Å². The van der Waals surface area contributed by atoms with Crippen LogP contribution in [-0.2, 0) is 17.5 Å². The molecule has 1 aromatic heterocycles. The number of nitrogens with one attached hydrogen (secondary N) is 1. The largest absolute Gasteiger partial charge is 0.416 e. The predicted molar refractivity (Wildman–Crippen MR) is 110 cm³/mol. The summed E-state index contributed by atoms with van der Waals surface area (Å²) in [7, 11) is 0. The molecular formula is C22H29F3N4O. The van der Waals surface area contributed by atoms with E-state index < -0.39 is 11.7 Å². The molecule has 0 spiro atoms. The summed E-state index contributed by atoms with van der Waals surface area (Å²) in [5.41, 5.74) is 5.77. The number of anilines is 1. The molecule has 0 aliphatic heterocycles. The number of carbonyl (C=O) groups is 1. The van der Waals surface area contributed by atoms with Crippen LogP contribution in [0.5, 0.6) is 0 Å². The van der Waals surface area contributed by atoms with Crippen molar-refractivity contribution in [3.63, 3.8) is 0 Å². The number of carbonyl (C=O) groups excluding carboxylic acids is 1. The SMILES string of the molecule is CCCC1CCC(C(=O)Nc2cn(Cc3cccc(C(F)(F)F)c3)cn2)C[C@H]1CN. The molecule has 0 radical (unpaired) electrons. The number of hydrogen-bond donors (Lipinski definition) is 2. The van der Waals surface area contributed by atoms with E-state index in [1.165, 1.54) is 12.4 Å². The Bertz CT molecular complexity index is 849. The molecule has 164 valence electrons. The van der Waals surface area contributed by atoms with Gasteiger partial charge in [0.25, 0.3) is 0 Å². The van der Waals surface area contributed by atoms with E-state index in [0.717, 1.165) is 44.2 Å². The first-order chi connectivity index (χ1) is 14.3. The molecule has 0 bridgehead atoms. The van der Waals surface area contributed by atoms with Crippen LogP contribution in [0.15, 0.2) is 36.8 Å². The minimum absolute atomic E-state index is 0.0623. The molecular weight excluding hydrogens is 393 g/mol. The Morgan fingerprint density at radius 1 is 1.30 bits per heavy atom. The first kappa shape index (κ1) is 22.3. The van der Waals surface area contributed by atoms with Crippen LogP contribution in [-0.4, -0.2) is 22.0 Å². The summed E-state index contributed by atoms with van der Waals surface area (Å²) in [6.07, 6.45) is 3.70. The van der Waals surface area contributed by atoms with Gasteiger partial charge in [0.2, 0.25) is 5.91 Å². The molecule has 3 atom stereocenters. The number of aromatic nitrogens is 2. The number of benzene rings is 1. The van der Waals surface area contributed by atoms with Crippen molar-refractivity contribution in [2.75, 3.05) is 11.9 Å². The Morgan fingerprint density at radius 2 is 2.10 bits per heavy atom. The number of alkyl halides is 3. The molecule has 5 nitrogen and oxygen atoms in total. The highest BCUT2D eigenvalue weighted by Gasteiger charge is 2.33. The Balaban J connectivity index is 1.58. The second-order valence-electron chi connectivity index (χ2n) is 8.17. The molecule has 1 aromatic carbocycles. The highest BCUT2D eigenvalue weighted by molar-refractivity contribution is 5.91. The Hall–Kier alpha value is -2.35. The number of amides is 1. The van der Waals surface area contributed by atoms with Gasteiger partial charge in [0.05, 0.1) is 11.9 Å². The minimum Gasteiger partial charge on any atom is -0.331 e. The maximum atomic E-state index is 12.9. The maximum Gasteiger partial charge on any atom is 0.416 e. The number of nitrogens with two attached hydrogens (primary N) is 1. The van der Waals surface area contributed by atoms with Crippen LogP contribution in [0.4, 0.5) is 19.0 Å². The van der Waals surface area contributed by atoms with Crippen LogP contribution in [0.25, 0.3) is 0 Å². The standard InChI is InChI=1S/C22H29F3N4O/c1-2-4-16-7-8-17(10-18(16)11-26)21(30)28-20-13-29(14-27-20)12-15-5-3-6-19(9-15)22(23,24)25/h3,5-6,9,13-14,16-18H,2,4,7-8,10-12,26H2,1H3,(H,28,30)/t16?,17?,18-/m0/s1. The second kappa shape index (κ2) is 9.64. The molecule has 8 heteroatoms. The lowest BCUT2D eigenvalue weighted by Gasteiger charge is -2.34. The zero-order valence-corrected chi connectivity index (χ0v) is 17.2. The van der Waals surface area contributed by atoms with Gasteiger partial charge in [-0.25, -0.2) is 4.98 Å². The lowest BCUT2D eigenvalue weighted by atomic mass is 9.72. The zero-order valence-electron chi connectivity index (χ0n) is 17.2. The molecule has 30 heavy (non-hydrogen) atoms. The highest BCUT2D eigenvalue weighted by Crippen LogP contribution is 2.36. The molecule has 3 N–H and O–H groups in total. The van der Waals surface area contributed by atoms with Crippen LogP contribution in [0.3, 0.4) is 0 Å². The fourth-order valence-electron chi connectivity index (χ4n) is 4.40. The van der Waals surface area contributed by atoms with Crippen LogP contribution >= 0.6 is 0 Å². The van der Waals surface area contributed by atoms with E-state index in [2.05, 4.69) is 17.2 Å². The van der Waals surface area contributed by atoms with Crippen molar-refractivity contribution < 1.29 is 18.0 Å². The molecule has 2 aromatic rings. The average Bonchev–Trinajstić information content (AvgIpc) is 3.14. The molecule has 3 rings (SSSR count). The summed E-state index contributed by atoms with van der Waals surface area (Å²) < 4.78 is 40.3. The Morgan fingerprint density at radius 3 is 2.80 bits per heavy atom. The predicted octanol–water partition coefficient (Wildman–Crippen LogP) is 4.68. The lowest BCUT2D eigenvalue weighted by Crippen LogP contribution is -2.35. The number of hydrogen-bond acceptors (Lipinski definition) is 3. The quantitative estimate of drug-likeness (QED) is 0.681. The summed E-state index contributed by atoms with van der Waals surface area (Å²) in [5.74, 6) is 1.23. The lowest BCUT2D eigenvalue weighted by molar-refractivity contribution is -0.137. The smallest absolute Gasteiger partial charge is 0.331 e. The molecule has 1 amide bonds. The van der Waals surface area contributed by atoms with Crippen LogP contribution < -0.4 is 11.1 Å². The van der Waals surface area contributed by atoms with E-state index in [4.69, 9.17) is 5.73 Å². The van der Waals surface area contributed by atoms with Crippen molar-refractivity contribution in [1.82, 2.24) is 9.55 Å². The highest BCUT2D eigenvalue weighted by atomic mass is 19.4. The van der Waals surface area contributed by atoms with E-state index in [1.54, 1.807) is 16.8 Å². The fraction of sp³-hybridized carbons (Fsp3) is 0.545. The molecule has 0 saturated heterocycles.